The van der Waals surface area contributed by atoms with E-state index >= 15 is 0 Å². The van der Waals surface area contributed by atoms with E-state index in [9.17, 15) is 41.0 Å². The van der Waals surface area contributed by atoms with Crippen LogP contribution in [0.15, 0.2) is 41.9 Å². The Kier molecular flexibility index (Phi) is 6.86. The summed E-state index contributed by atoms with van der Waals surface area (Å²) >= 11 is 0. The van der Waals surface area contributed by atoms with Crippen molar-refractivity contribution < 1.29 is 50.5 Å². The zero-order valence-corrected chi connectivity index (χ0v) is 12.6. The zero-order chi connectivity index (χ0) is 20.0. The van der Waals surface area contributed by atoms with Crippen molar-refractivity contribution in [1.82, 2.24) is 0 Å². The highest BCUT2D eigenvalue weighted by atomic mass is 19.4. The summed E-state index contributed by atoms with van der Waals surface area (Å²) in [4.78, 5) is 23.6. The summed E-state index contributed by atoms with van der Waals surface area (Å²) in [6.07, 6.45) is -9.90. The van der Waals surface area contributed by atoms with Crippen LogP contribution in [0.2, 0.25) is 0 Å². The lowest BCUT2D eigenvalue weighted by molar-refractivity contribution is -0.185. The molecule has 0 fully saturated rings. The van der Waals surface area contributed by atoms with Crippen LogP contribution in [0, 0.1) is 0 Å². The predicted octanol–water partition coefficient (Wildman–Crippen LogP) is 3.08. The molecule has 0 saturated carbocycles. The molecule has 1 amide bonds. The highest BCUT2D eigenvalue weighted by Crippen LogP contribution is 2.20. The molecule has 1 aromatic rings. The van der Waals surface area contributed by atoms with Gasteiger partial charge in [-0.3, -0.25) is 4.79 Å². The fourth-order valence-corrected chi connectivity index (χ4v) is 1.43. The van der Waals surface area contributed by atoms with Crippen molar-refractivity contribution in [3.8, 4) is 0 Å². The van der Waals surface area contributed by atoms with Crippen LogP contribution in [0.5, 0.6) is 0 Å². The second kappa shape index (κ2) is 8.45. The standard InChI is InChI=1S/C14H11F6NO5/c15-13(16,17)6-25-11(23)9(12(24)26-7-14(18,19)20)10(22)21-8-4-2-1-3-5-8/h1-5,23H,6-7H2,(H,21,22)/b11-9+. The maximum atomic E-state index is 12.1. The van der Waals surface area contributed by atoms with Crippen LogP contribution in [-0.4, -0.2) is 42.5 Å². The molecule has 0 radical (unpaired) electrons. The van der Waals surface area contributed by atoms with Crippen LogP contribution in [0.25, 0.3) is 0 Å². The van der Waals surface area contributed by atoms with E-state index in [1.165, 1.54) is 24.3 Å². The summed E-state index contributed by atoms with van der Waals surface area (Å²) < 4.78 is 80.2. The molecule has 0 saturated heterocycles. The number of anilines is 1. The van der Waals surface area contributed by atoms with Gasteiger partial charge >= 0.3 is 18.3 Å². The average Bonchev–Trinajstić information content (AvgIpc) is 2.51. The molecule has 1 rings (SSSR count). The minimum absolute atomic E-state index is 0.0437. The molecular formula is C14H11F6NO5. The second-order valence-corrected chi connectivity index (χ2v) is 4.60. The van der Waals surface area contributed by atoms with Crippen molar-refractivity contribution in [3.63, 3.8) is 0 Å². The van der Waals surface area contributed by atoms with E-state index in [1.54, 1.807) is 6.07 Å². The van der Waals surface area contributed by atoms with Gasteiger partial charge in [0.05, 0.1) is 0 Å². The van der Waals surface area contributed by atoms with E-state index in [0.29, 0.717) is 0 Å². The van der Waals surface area contributed by atoms with Crippen molar-refractivity contribution in [3.05, 3.63) is 41.9 Å². The molecule has 6 nitrogen and oxygen atoms in total. The van der Waals surface area contributed by atoms with Crippen LogP contribution < -0.4 is 5.32 Å². The fourth-order valence-electron chi connectivity index (χ4n) is 1.43. The first-order chi connectivity index (χ1) is 11.9. The summed E-state index contributed by atoms with van der Waals surface area (Å²) in [5.74, 6) is -5.37. The molecule has 0 atom stereocenters. The lowest BCUT2D eigenvalue weighted by atomic mass is 10.2. The normalized spacial score (nSPS) is 12.8. The molecule has 0 bridgehead atoms. The van der Waals surface area contributed by atoms with Crippen molar-refractivity contribution >= 4 is 17.6 Å². The Balaban J connectivity index is 3.03. The fraction of sp³-hybridized carbons (Fsp3) is 0.286. The third-order valence-corrected chi connectivity index (χ3v) is 2.42. The zero-order valence-electron chi connectivity index (χ0n) is 12.6. The maximum absolute atomic E-state index is 12.1. The van der Waals surface area contributed by atoms with Crippen LogP contribution >= 0.6 is 0 Å². The van der Waals surface area contributed by atoms with Gasteiger partial charge in [0.2, 0.25) is 5.57 Å². The molecule has 0 aliphatic heterocycles. The molecule has 1 aromatic carbocycles. The molecule has 12 heteroatoms. The van der Waals surface area contributed by atoms with Crippen LogP contribution in [0.4, 0.5) is 32.0 Å². The van der Waals surface area contributed by atoms with E-state index in [2.05, 4.69) is 9.47 Å². The number of hydrogen-bond donors (Lipinski definition) is 2. The highest BCUT2D eigenvalue weighted by molar-refractivity contribution is 6.21. The van der Waals surface area contributed by atoms with Gasteiger partial charge in [0.15, 0.2) is 13.2 Å². The van der Waals surface area contributed by atoms with Gasteiger partial charge in [0, 0.05) is 5.69 Å². The Labute approximate surface area is 142 Å². The van der Waals surface area contributed by atoms with E-state index < -0.39 is 49.0 Å². The van der Waals surface area contributed by atoms with Crippen molar-refractivity contribution in [1.29, 1.82) is 0 Å². The Morgan fingerprint density at radius 1 is 0.923 bits per heavy atom. The van der Waals surface area contributed by atoms with Gasteiger partial charge in [-0.25, -0.2) is 4.79 Å². The number of hydrogen-bond acceptors (Lipinski definition) is 5. The first kappa shape index (κ1) is 21.1. The SMILES string of the molecule is O=C(Nc1ccccc1)/C(C(=O)OCC(F)(F)F)=C(/O)OCC(F)(F)F. The summed E-state index contributed by atoms with van der Waals surface area (Å²) in [5, 5.41) is 11.4. The number of halogens is 6. The molecule has 0 aliphatic carbocycles. The number of rotatable bonds is 6. The van der Waals surface area contributed by atoms with Crippen LogP contribution in [-0.2, 0) is 19.1 Å². The quantitative estimate of drug-likeness (QED) is 0.196. The molecule has 26 heavy (non-hydrogen) atoms. The number of alkyl halides is 6. The molecule has 0 unspecified atom stereocenters. The molecule has 2 N–H and O–H groups in total. The van der Waals surface area contributed by atoms with Crippen molar-refractivity contribution in [2.45, 2.75) is 12.4 Å². The largest absolute Gasteiger partial charge is 0.480 e. The van der Waals surface area contributed by atoms with Gasteiger partial charge in [-0.05, 0) is 12.1 Å². The number of esters is 1. The number of amides is 1. The molecule has 0 aliphatic rings. The van der Waals surface area contributed by atoms with Crippen molar-refractivity contribution in [2.75, 3.05) is 18.5 Å². The van der Waals surface area contributed by atoms with E-state index in [4.69, 9.17) is 0 Å². The number of benzene rings is 1. The van der Waals surface area contributed by atoms with Gasteiger partial charge in [-0.2, -0.15) is 26.3 Å². The summed E-state index contributed by atoms with van der Waals surface area (Å²) in [6.45, 7) is -4.21. The maximum Gasteiger partial charge on any atom is 0.422 e. The second-order valence-electron chi connectivity index (χ2n) is 4.60. The molecular weight excluding hydrogens is 376 g/mol. The monoisotopic (exact) mass is 387 g/mol. The van der Waals surface area contributed by atoms with Gasteiger partial charge in [0.1, 0.15) is 0 Å². The van der Waals surface area contributed by atoms with E-state index in [-0.39, 0.29) is 5.69 Å². The summed E-state index contributed by atoms with van der Waals surface area (Å²) in [5.41, 5.74) is -1.51. The van der Waals surface area contributed by atoms with E-state index in [1.807, 2.05) is 5.32 Å². The molecule has 0 aromatic heterocycles. The van der Waals surface area contributed by atoms with Gasteiger partial charge < -0.3 is 19.9 Å². The number of aliphatic hydroxyl groups excluding tert-OH is 1. The lowest BCUT2D eigenvalue weighted by Crippen LogP contribution is -2.29. The minimum atomic E-state index is -4.96. The van der Waals surface area contributed by atoms with Gasteiger partial charge in [0.25, 0.3) is 11.9 Å². The summed E-state index contributed by atoms with van der Waals surface area (Å²) in [6, 6.07) is 7.06. The molecule has 0 heterocycles. The number of carbonyl (C=O) groups excluding carboxylic acids is 2. The number of nitrogens with one attached hydrogen (secondary N) is 1. The average molecular weight is 387 g/mol. The number of para-hydroxylation sites is 1. The van der Waals surface area contributed by atoms with E-state index in [0.717, 1.165) is 0 Å². The molecule has 144 valence electrons. The Hall–Kier alpha value is -2.92. The van der Waals surface area contributed by atoms with Crippen molar-refractivity contribution in [2.24, 2.45) is 0 Å². The number of ether oxygens (including phenoxy) is 2. The topological polar surface area (TPSA) is 84.9 Å². The number of aliphatic hydroxyl groups is 1. The van der Waals surface area contributed by atoms with Gasteiger partial charge in [-0.1, -0.05) is 18.2 Å². The van der Waals surface area contributed by atoms with Crippen LogP contribution in [0.1, 0.15) is 0 Å². The first-order valence-electron chi connectivity index (χ1n) is 6.62. The molecule has 0 spiro atoms. The smallest absolute Gasteiger partial charge is 0.422 e. The van der Waals surface area contributed by atoms with Crippen LogP contribution in [0.3, 0.4) is 0 Å². The Morgan fingerprint density at radius 3 is 1.92 bits per heavy atom. The predicted molar refractivity (Wildman–Crippen MR) is 73.7 cm³/mol. The minimum Gasteiger partial charge on any atom is -0.480 e. The number of carbonyl (C=O) groups is 2. The highest BCUT2D eigenvalue weighted by Gasteiger charge is 2.35. The Morgan fingerprint density at radius 2 is 1.42 bits per heavy atom. The van der Waals surface area contributed by atoms with Gasteiger partial charge in [-0.15, -0.1) is 0 Å². The summed E-state index contributed by atoms with van der Waals surface area (Å²) in [7, 11) is 0. The first-order valence-corrected chi connectivity index (χ1v) is 6.62. The third kappa shape index (κ3) is 7.77. The Bertz CT molecular complexity index is 669. The lowest BCUT2D eigenvalue weighted by Gasteiger charge is -2.13. The third-order valence-electron chi connectivity index (χ3n) is 2.42.